The summed E-state index contributed by atoms with van der Waals surface area (Å²) >= 11 is 1.64. The van der Waals surface area contributed by atoms with Crippen molar-refractivity contribution in [3.63, 3.8) is 0 Å². The summed E-state index contributed by atoms with van der Waals surface area (Å²) in [7, 11) is 0. The first-order valence-corrected chi connectivity index (χ1v) is 5.07. The molecule has 0 spiro atoms. The second kappa shape index (κ2) is 4.40. The van der Waals surface area contributed by atoms with Gasteiger partial charge in [0, 0.05) is 17.9 Å². The minimum atomic E-state index is -0.373. The van der Waals surface area contributed by atoms with Crippen LogP contribution in [0.15, 0.2) is 11.3 Å². The van der Waals surface area contributed by atoms with Crippen LogP contribution in [0.25, 0.3) is 0 Å². The SMILES string of the molecule is CCOC(=O)C1=C(O)CCSC1. The summed E-state index contributed by atoms with van der Waals surface area (Å²) in [6, 6.07) is 0. The van der Waals surface area contributed by atoms with Crippen molar-refractivity contribution in [1.82, 2.24) is 0 Å². The molecule has 4 heteroatoms. The molecule has 1 aliphatic rings. The Morgan fingerprint density at radius 1 is 1.75 bits per heavy atom. The summed E-state index contributed by atoms with van der Waals surface area (Å²) < 4.78 is 4.78. The lowest BCUT2D eigenvalue weighted by Gasteiger charge is -2.13. The topological polar surface area (TPSA) is 46.5 Å². The third-order valence-electron chi connectivity index (χ3n) is 1.60. The molecule has 0 amide bonds. The summed E-state index contributed by atoms with van der Waals surface area (Å²) in [6.07, 6.45) is 0.582. The fourth-order valence-corrected chi connectivity index (χ4v) is 1.94. The van der Waals surface area contributed by atoms with Gasteiger partial charge in [-0.1, -0.05) is 0 Å². The molecule has 0 saturated heterocycles. The highest BCUT2D eigenvalue weighted by Gasteiger charge is 2.19. The van der Waals surface area contributed by atoms with E-state index in [4.69, 9.17) is 4.74 Å². The van der Waals surface area contributed by atoms with Crippen LogP contribution in [0.2, 0.25) is 0 Å². The van der Waals surface area contributed by atoms with Gasteiger partial charge in [-0.05, 0) is 6.92 Å². The zero-order valence-corrected chi connectivity index (χ0v) is 7.82. The van der Waals surface area contributed by atoms with Crippen LogP contribution in [-0.2, 0) is 9.53 Å². The number of hydrogen-bond donors (Lipinski definition) is 1. The van der Waals surface area contributed by atoms with E-state index in [9.17, 15) is 9.90 Å². The van der Waals surface area contributed by atoms with Crippen LogP contribution in [0.4, 0.5) is 0 Å². The van der Waals surface area contributed by atoms with Crippen LogP contribution < -0.4 is 0 Å². The van der Waals surface area contributed by atoms with Gasteiger partial charge in [0.05, 0.1) is 12.2 Å². The van der Waals surface area contributed by atoms with Crippen LogP contribution in [0.5, 0.6) is 0 Å². The molecule has 0 bridgehead atoms. The fraction of sp³-hybridized carbons (Fsp3) is 0.625. The zero-order chi connectivity index (χ0) is 8.97. The van der Waals surface area contributed by atoms with Crippen LogP contribution in [0.3, 0.4) is 0 Å². The van der Waals surface area contributed by atoms with Crippen molar-refractivity contribution in [2.75, 3.05) is 18.1 Å². The molecule has 0 aliphatic carbocycles. The third-order valence-corrected chi connectivity index (χ3v) is 2.59. The van der Waals surface area contributed by atoms with Crippen molar-refractivity contribution in [2.45, 2.75) is 13.3 Å². The van der Waals surface area contributed by atoms with Crippen molar-refractivity contribution >= 4 is 17.7 Å². The Hall–Kier alpha value is -0.640. The van der Waals surface area contributed by atoms with Crippen molar-refractivity contribution in [1.29, 1.82) is 0 Å². The smallest absolute Gasteiger partial charge is 0.338 e. The standard InChI is InChI=1S/C8H12O3S/c1-2-11-8(10)6-5-12-4-3-7(6)9/h9H,2-5H2,1H3. The maximum Gasteiger partial charge on any atom is 0.338 e. The van der Waals surface area contributed by atoms with Gasteiger partial charge in [-0.3, -0.25) is 0 Å². The first-order valence-electron chi connectivity index (χ1n) is 3.91. The lowest BCUT2D eigenvalue weighted by atomic mass is 10.2. The number of aliphatic hydroxyl groups excluding tert-OH is 1. The van der Waals surface area contributed by atoms with E-state index in [0.29, 0.717) is 24.4 Å². The molecule has 0 radical (unpaired) electrons. The van der Waals surface area contributed by atoms with Crippen LogP contribution in [-0.4, -0.2) is 29.2 Å². The average molecular weight is 188 g/mol. The Balaban J connectivity index is 2.64. The van der Waals surface area contributed by atoms with E-state index in [1.54, 1.807) is 18.7 Å². The average Bonchev–Trinajstić information content (AvgIpc) is 2.05. The van der Waals surface area contributed by atoms with E-state index >= 15 is 0 Å². The first-order chi connectivity index (χ1) is 5.75. The number of hydrogen-bond acceptors (Lipinski definition) is 4. The molecular formula is C8H12O3S. The minimum absolute atomic E-state index is 0.201. The van der Waals surface area contributed by atoms with Gasteiger partial charge in [0.25, 0.3) is 0 Å². The molecule has 0 unspecified atom stereocenters. The normalized spacial score (nSPS) is 17.8. The molecule has 0 atom stereocenters. The quantitative estimate of drug-likeness (QED) is 0.667. The van der Waals surface area contributed by atoms with Crippen molar-refractivity contribution in [2.24, 2.45) is 0 Å². The second-order valence-electron chi connectivity index (χ2n) is 2.45. The lowest BCUT2D eigenvalue weighted by molar-refractivity contribution is -0.138. The summed E-state index contributed by atoms with van der Waals surface area (Å²) in [5.74, 6) is 1.29. The molecule has 12 heavy (non-hydrogen) atoms. The number of ether oxygens (including phenoxy) is 1. The molecule has 1 N–H and O–H groups in total. The molecule has 68 valence electrons. The lowest BCUT2D eigenvalue weighted by Crippen LogP contribution is -2.15. The molecule has 1 heterocycles. The Labute approximate surface area is 75.8 Å². The van der Waals surface area contributed by atoms with Crippen LogP contribution in [0, 0.1) is 0 Å². The number of rotatable bonds is 2. The van der Waals surface area contributed by atoms with Gasteiger partial charge in [0.15, 0.2) is 0 Å². The summed E-state index contributed by atoms with van der Waals surface area (Å²) in [5.41, 5.74) is 0.438. The van der Waals surface area contributed by atoms with E-state index in [1.165, 1.54) is 0 Å². The molecule has 1 rings (SSSR count). The number of carbonyl (C=O) groups excluding carboxylic acids is 1. The van der Waals surface area contributed by atoms with Crippen molar-refractivity contribution in [3.05, 3.63) is 11.3 Å². The summed E-state index contributed by atoms with van der Waals surface area (Å²) in [6.45, 7) is 2.12. The number of aliphatic hydroxyl groups is 1. The Morgan fingerprint density at radius 3 is 3.08 bits per heavy atom. The van der Waals surface area contributed by atoms with E-state index in [-0.39, 0.29) is 11.7 Å². The van der Waals surface area contributed by atoms with E-state index in [0.717, 1.165) is 5.75 Å². The first kappa shape index (κ1) is 9.45. The van der Waals surface area contributed by atoms with Gasteiger partial charge in [-0.15, -0.1) is 0 Å². The zero-order valence-electron chi connectivity index (χ0n) is 7.00. The monoisotopic (exact) mass is 188 g/mol. The predicted octanol–water partition coefficient (Wildman–Crippen LogP) is 1.50. The predicted molar refractivity (Wildman–Crippen MR) is 48.2 cm³/mol. The molecular weight excluding hydrogens is 176 g/mol. The van der Waals surface area contributed by atoms with E-state index in [2.05, 4.69) is 0 Å². The summed E-state index contributed by atoms with van der Waals surface area (Å²) in [5, 5.41) is 9.33. The highest BCUT2D eigenvalue weighted by atomic mass is 32.2. The highest BCUT2D eigenvalue weighted by Crippen LogP contribution is 2.22. The van der Waals surface area contributed by atoms with Gasteiger partial charge in [-0.25, -0.2) is 4.79 Å². The number of esters is 1. The number of carbonyl (C=O) groups is 1. The number of thioether (sulfide) groups is 1. The van der Waals surface area contributed by atoms with Crippen LogP contribution >= 0.6 is 11.8 Å². The third kappa shape index (κ3) is 2.17. The van der Waals surface area contributed by atoms with Gasteiger partial charge >= 0.3 is 5.97 Å². The van der Waals surface area contributed by atoms with Crippen molar-refractivity contribution in [3.8, 4) is 0 Å². The van der Waals surface area contributed by atoms with Crippen LogP contribution in [0.1, 0.15) is 13.3 Å². The molecule has 1 aliphatic heterocycles. The van der Waals surface area contributed by atoms with Gasteiger partial charge < -0.3 is 9.84 Å². The van der Waals surface area contributed by atoms with Crippen molar-refractivity contribution < 1.29 is 14.6 Å². The fourth-order valence-electron chi connectivity index (χ4n) is 0.972. The Kier molecular flexibility index (Phi) is 3.47. The highest BCUT2D eigenvalue weighted by molar-refractivity contribution is 7.99. The number of allylic oxidation sites excluding steroid dienone is 1. The molecule has 3 nitrogen and oxygen atoms in total. The van der Waals surface area contributed by atoms with Gasteiger partial charge in [-0.2, -0.15) is 11.8 Å². The maximum absolute atomic E-state index is 11.2. The second-order valence-corrected chi connectivity index (χ2v) is 3.55. The molecule has 0 fully saturated rings. The van der Waals surface area contributed by atoms with E-state index < -0.39 is 0 Å². The largest absolute Gasteiger partial charge is 0.512 e. The van der Waals surface area contributed by atoms with Gasteiger partial charge in [0.1, 0.15) is 5.76 Å². The molecule has 0 saturated carbocycles. The van der Waals surface area contributed by atoms with Gasteiger partial charge in [0.2, 0.25) is 0 Å². The summed E-state index contributed by atoms with van der Waals surface area (Å²) in [4.78, 5) is 11.2. The maximum atomic E-state index is 11.2. The Bertz CT molecular complexity index is 210. The molecule has 0 aromatic heterocycles. The molecule has 0 aromatic rings. The Morgan fingerprint density at radius 2 is 2.50 bits per heavy atom. The van der Waals surface area contributed by atoms with E-state index in [1.807, 2.05) is 0 Å². The molecule has 0 aromatic carbocycles. The minimum Gasteiger partial charge on any atom is -0.512 e.